The van der Waals surface area contributed by atoms with Gasteiger partial charge in [-0.15, -0.1) is 0 Å². The molecule has 1 N–H and O–H groups in total. The molecule has 4 rings (SSSR count). The topological polar surface area (TPSA) is 70.8 Å². The van der Waals surface area contributed by atoms with Crippen molar-refractivity contribution in [3.8, 4) is 17.3 Å². The highest BCUT2D eigenvalue weighted by atomic mass is 16.5. The molecule has 24 heavy (non-hydrogen) atoms. The Balaban J connectivity index is 1.56. The van der Waals surface area contributed by atoms with Gasteiger partial charge in [-0.1, -0.05) is 0 Å². The molecule has 0 radical (unpaired) electrons. The quantitative estimate of drug-likeness (QED) is 0.935. The second-order valence-corrected chi connectivity index (χ2v) is 6.55. The van der Waals surface area contributed by atoms with Crippen molar-refractivity contribution >= 4 is 5.82 Å². The highest BCUT2D eigenvalue weighted by Crippen LogP contribution is 2.38. The van der Waals surface area contributed by atoms with Gasteiger partial charge >= 0.3 is 0 Å². The fourth-order valence-corrected chi connectivity index (χ4v) is 3.29. The zero-order valence-electron chi connectivity index (χ0n) is 13.5. The lowest BCUT2D eigenvalue weighted by Gasteiger charge is -2.30. The number of hydrogen-bond acceptors (Lipinski definition) is 5. The van der Waals surface area contributed by atoms with Gasteiger partial charge in [0.15, 0.2) is 0 Å². The molecule has 3 heterocycles. The van der Waals surface area contributed by atoms with Crippen molar-refractivity contribution in [3.63, 3.8) is 0 Å². The highest BCUT2D eigenvalue weighted by Gasteiger charge is 2.36. The minimum atomic E-state index is 0.316. The fourth-order valence-electron chi connectivity index (χ4n) is 3.29. The van der Waals surface area contributed by atoms with E-state index >= 15 is 0 Å². The van der Waals surface area contributed by atoms with Crippen LogP contribution in [-0.4, -0.2) is 28.7 Å². The van der Waals surface area contributed by atoms with Crippen molar-refractivity contribution in [2.24, 2.45) is 5.92 Å². The second-order valence-electron chi connectivity index (χ2n) is 6.55. The van der Waals surface area contributed by atoms with E-state index in [1.54, 1.807) is 12.4 Å². The molecule has 1 saturated carbocycles. The summed E-state index contributed by atoms with van der Waals surface area (Å²) in [6.07, 6.45) is 8.39. The number of rotatable bonds is 4. The first-order valence-corrected chi connectivity index (χ1v) is 8.53. The Kier molecular flexibility index (Phi) is 4.14. The van der Waals surface area contributed by atoms with E-state index in [9.17, 15) is 5.26 Å². The van der Waals surface area contributed by atoms with Gasteiger partial charge in [-0.3, -0.25) is 4.98 Å². The van der Waals surface area contributed by atoms with Crippen LogP contribution >= 0.6 is 0 Å². The smallest absolute Gasteiger partial charge is 0.144 e. The lowest BCUT2D eigenvalue weighted by atomic mass is 10.00. The number of nitriles is 1. The first-order valence-electron chi connectivity index (χ1n) is 8.53. The van der Waals surface area contributed by atoms with Gasteiger partial charge in [-0.05, 0) is 55.9 Å². The Morgan fingerprint density at radius 2 is 1.96 bits per heavy atom. The minimum Gasteiger partial charge on any atom is -0.378 e. The zero-order chi connectivity index (χ0) is 16.4. The van der Waals surface area contributed by atoms with E-state index in [2.05, 4.69) is 16.4 Å². The van der Waals surface area contributed by atoms with Gasteiger partial charge in [-0.2, -0.15) is 5.26 Å². The normalized spacial score (nSPS) is 23.5. The summed E-state index contributed by atoms with van der Waals surface area (Å²) in [7, 11) is 0. The molecular formula is C19H20N4O. The van der Waals surface area contributed by atoms with Crippen molar-refractivity contribution in [1.82, 2.24) is 9.97 Å². The number of nitrogens with zero attached hydrogens (tertiary/aromatic N) is 3. The summed E-state index contributed by atoms with van der Waals surface area (Å²) in [6.45, 7) is 0.783. The molecule has 2 fully saturated rings. The maximum Gasteiger partial charge on any atom is 0.144 e. The highest BCUT2D eigenvalue weighted by molar-refractivity contribution is 5.64. The zero-order valence-corrected chi connectivity index (χ0v) is 13.5. The SMILES string of the molecule is N#Cc1ccc(-c2ccncc2)nc1NC1CCOC(C2CC2)C1. The summed E-state index contributed by atoms with van der Waals surface area (Å²) in [5.41, 5.74) is 2.44. The standard InChI is InChI=1S/C19H20N4O/c20-12-15-3-4-17(13-5-8-21-9-6-13)23-19(15)22-16-7-10-24-18(11-16)14-1-2-14/h3-6,8-9,14,16,18H,1-2,7,10-11H2,(H,22,23). The molecular weight excluding hydrogens is 300 g/mol. The summed E-state index contributed by atoms with van der Waals surface area (Å²) in [4.78, 5) is 8.73. The van der Waals surface area contributed by atoms with Crippen LogP contribution in [0.1, 0.15) is 31.2 Å². The average molecular weight is 320 g/mol. The molecule has 1 saturated heterocycles. The molecule has 2 atom stereocenters. The molecule has 2 aliphatic rings. The van der Waals surface area contributed by atoms with Gasteiger partial charge in [0.2, 0.25) is 0 Å². The third kappa shape index (κ3) is 3.24. The summed E-state index contributed by atoms with van der Waals surface area (Å²) in [5.74, 6) is 1.41. The van der Waals surface area contributed by atoms with Crippen LogP contribution in [0.25, 0.3) is 11.3 Å². The van der Waals surface area contributed by atoms with E-state index in [-0.39, 0.29) is 0 Å². The van der Waals surface area contributed by atoms with Gasteiger partial charge in [0.1, 0.15) is 11.9 Å². The molecule has 5 heteroatoms. The molecule has 2 aromatic rings. The third-order valence-electron chi connectivity index (χ3n) is 4.80. The largest absolute Gasteiger partial charge is 0.378 e. The lowest BCUT2D eigenvalue weighted by Crippen LogP contribution is -2.35. The second kappa shape index (κ2) is 6.58. The number of hydrogen-bond donors (Lipinski definition) is 1. The molecule has 1 aliphatic heterocycles. The maximum absolute atomic E-state index is 9.39. The van der Waals surface area contributed by atoms with E-state index in [1.807, 2.05) is 24.3 Å². The number of aromatic nitrogens is 2. The van der Waals surface area contributed by atoms with E-state index in [0.29, 0.717) is 23.5 Å². The Hall–Kier alpha value is -2.45. The number of ether oxygens (including phenoxy) is 1. The van der Waals surface area contributed by atoms with Crippen molar-refractivity contribution in [2.75, 3.05) is 11.9 Å². The van der Waals surface area contributed by atoms with Crippen molar-refractivity contribution < 1.29 is 4.74 Å². The Morgan fingerprint density at radius 1 is 1.12 bits per heavy atom. The van der Waals surface area contributed by atoms with E-state index in [0.717, 1.165) is 36.6 Å². The van der Waals surface area contributed by atoms with Crippen molar-refractivity contribution in [2.45, 2.75) is 37.8 Å². The molecule has 2 unspecified atom stereocenters. The maximum atomic E-state index is 9.39. The summed E-state index contributed by atoms with van der Waals surface area (Å²) < 4.78 is 5.89. The average Bonchev–Trinajstić information content (AvgIpc) is 3.48. The van der Waals surface area contributed by atoms with E-state index in [4.69, 9.17) is 9.72 Å². The predicted molar refractivity (Wildman–Crippen MR) is 91.3 cm³/mol. The third-order valence-corrected chi connectivity index (χ3v) is 4.80. The molecule has 1 aliphatic carbocycles. The van der Waals surface area contributed by atoms with Gasteiger partial charge in [0.25, 0.3) is 0 Å². The molecule has 0 aromatic carbocycles. The Labute approximate surface area is 141 Å². The number of anilines is 1. The molecule has 5 nitrogen and oxygen atoms in total. The Morgan fingerprint density at radius 3 is 2.71 bits per heavy atom. The van der Waals surface area contributed by atoms with Crippen LogP contribution in [0.15, 0.2) is 36.7 Å². The van der Waals surface area contributed by atoms with Crippen LogP contribution in [0.2, 0.25) is 0 Å². The summed E-state index contributed by atoms with van der Waals surface area (Å²) in [5, 5.41) is 12.9. The first kappa shape index (κ1) is 15.1. The molecule has 2 aromatic heterocycles. The van der Waals surface area contributed by atoms with E-state index < -0.39 is 0 Å². The molecule has 0 amide bonds. The monoisotopic (exact) mass is 320 g/mol. The van der Waals surface area contributed by atoms with E-state index in [1.165, 1.54) is 12.8 Å². The van der Waals surface area contributed by atoms with Crippen molar-refractivity contribution in [3.05, 3.63) is 42.2 Å². The fraction of sp³-hybridized carbons (Fsp3) is 0.421. The van der Waals surface area contributed by atoms with Crippen LogP contribution < -0.4 is 5.32 Å². The first-order chi connectivity index (χ1) is 11.8. The van der Waals surface area contributed by atoms with Gasteiger partial charge in [0.05, 0.1) is 17.4 Å². The van der Waals surface area contributed by atoms with Crippen LogP contribution in [0.3, 0.4) is 0 Å². The van der Waals surface area contributed by atoms with Crippen molar-refractivity contribution in [1.29, 1.82) is 5.26 Å². The van der Waals surface area contributed by atoms with Gasteiger partial charge < -0.3 is 10.1 Å². The van der Waals surface area contributed by atoms with Gasteiger partial charge in [0, 0.05) is 30.6 Å². The molecule has 0 bridgehead atoms. The van der Waals surface area contributed by atoms with Crippen LogP contribution in [0.4, 0.5) is 5.82 Å². The summed E-state index contributed by atoms with van der Waals surface area (Å²) >= 11 is 0. The number of pyridine rings is 2. The molecule has 122 valence electrons. The predicted octanol–water partition coefficient (Wildman–Crippen LogP) is 3.38. The Bertz CT molecular complexity index is 752. The van der Waals surface area contributed by atoms with Crippen LogP contribution in [0, 0.1) is 17.2 Å². The lowest BCUT2D eigenvalue weighted by molar-refractivity contribution is -0.00223. The molecule has 0 spiro atoms. The minimum absolute atomic E-state index is 0.316. The summed E-state index contributed by atoms with van der Waals surface area (Å²) in [6, 6.07) is 10.1. The van der Waals surface area contributed by atoms with Gasteiger partial charge in [-0.25, -0.2) is 4.98 Å². The number of nitrogens with one attached hydrogen (secondary N) is 1. The van der Waals surface area contributed by atoms with Crippen LogP contribution in [0.5, 0.6) is 0 Å². The van der Waals surface area contributed by atoms with Crippen LogP contribution in [-0.2, 0) is 4.74 Å².